The number of ether oxygens (including phenoxy) is 2. The summed E-state index contributed by atoms with van der Waals surface area (Å²) in [4.78, 5) is 14.1. The zero-order chi connectivity index (χ0) is 20.3. The Morgan fingerprint density at radius 3 is 2.73 bits per heavy atom. The van der Waals surface area contributed by atoms with Gasteiger partial charge in [0.2, 0.25) is 0 Å². The molecule has 7 heteroatoms. The molecular weight excluding hydrogens is 398 g/mol. The molecule has 1 aliphatic rings. The maximum atomic E-state index is 13.1. The molecule has 0 aliphatic carbocycles. The first-order valence-electron chi connectivity index (χ1n) is 9.64. The minimum Gasteiger partial charge on any atom is -0.486 e. The molecule has 150 valence electrons. The Hall–Kier alpha value is -3.58. The highest BCUT2D eigenvalue weighted by molar-refractivity contribution is 7.13. The summed E-state index contributed by atoms with van der Waals surface area (Å²) in [5.74, 6) is 1.22. The van der Waals surface area contributed by atoms with Crippen molar-refractivity contribution in [1.29, 1.82) is 0 Å². The molecule has 0 unspecified atom stereocenters. The fourth-order valence-electron chi connectivity index (χ4n) is 3.39. The minimum absolute atomic E-state index is 0.185. The van der Waals surface area contributed by atoms with Crippen LogP contribution in [-0.2, 0) is 6.54 Å². The third-order valence-corrected chi connectivity index (χ3v) is 5.70. The number of aromatic nitrogens is 2. The molecule has 2 aromatic carbocycles. The van der Waals surface area contributed by atoms with Crippen molar-refractivity contribution >= 4 is 17.2 Å². The average Bonchev–Trinajstić information content (AvgIpc) is 3.48. The van der Waals surface area contributed by atoms with Crippen molar-refractivity contribution in [1.82, 2.24) is 15.1 Å². The normalized spacial score (nSPS) is 12.5. The van der Waals surface area contributed by atoms with Gasteiger partial charge in [-0.3, -0.25) is 4.79 Å². The van der Waals surface area contributed by atoms with E-state index in [0.29, 0.717) is 42.5 Å². The molecule has 6 nitrogen and oxygen atoms in total. The zero-order valence-electron chi connectivity index (χ0n) is 16.1. The topological polar surface area (TPSA) is 65.4 Å². The lowest BCUT2D eigenvalue weighted by Crippen LogP contribution is -2.24. The van der Waals surface area contributed by atoms with E-state index in [9.17, 15) is 4.79 Å². The van der Waals surface area contributed by atoms with Crippen LogP contribution in [0.3, 0.4) is 0 Å². The molecule has 0 saturated carbocycles. The van der Waals surface area contributed by atoms with Crippen LogP contribution in [0.15, 0.2) is 72.2 Å². The number of fused-ring (bicyclic) bond motifs is 1. The van der Waals surface area contributed by atoms with Crippen molar-refractivity contribution in [3.05, 3.63) is 83.4 Å². The van der Waals surface area contributed by atoms with Crippen LogP contribution in [0.2, 0.25) is 0 Å². The van der Waals surface area contributed by atoms with Gasteiger partial charge in [-0.15, -0.1) is 11.3 Å². The SMILES string of the molecule is O=C(NCc1cccc2c1OCCO2)c1cn(-c2ccccc2)nc1-c1cccs1. The number of para-hydroxylation sites is 2. The number of rotatable bonds is 5. The Labute approximate surface area is 177 Å². The van der Waals surface area contributed by atoms with Crippen LogP contribution in [0.4, 0.5) is 0 Å². The standard InChI is InChI=1S/C23H19N3O3S/c27-23(24-14-16-6-4-9-19-22(16)29-12-11-28-19)18-15-26(17-7-2-1-3-8-17)25-21(18)20-10-5-13-30-20/h1-10,13,15H,11-12,14H2,(H,24,27). The fourth-order valence-corrected chi connectivity index (χ4v) is 4.12. The summed E-state index contributed by atoms with van der Waals surface area (Å²) in [5.41, 5.74) is 2.98. The summed E-state index contributed by atoms with van der Waals surface area (Å²) >= 11 is 1.56. The summed E-state index contributed by atoms with van der Waals surface area (Å²) < 4.78 is 13.1. The number of carbonyl (C=O) groups excluding carboxylic acids is 1. The first-order chi connectivity index (χ1) is 14.8. The summed E-state index contributed by atoms with van der Waals surface area (Å²) in [5, 5.41) is 9.68. The van der Waals surface area contributed by atoms with Gasteiger partial charge in [-0.1, -0.05) is 36.4 Å². The number of amides is 1. The van der Waals surface area contributed by atoms with E-state index >= 15 is 0 Å². The van der Waals surface area contributed by atoms with E-state index in [1.807, 2.05) is 66.0 Å². The summed E-state index contributed by atoms with van der Waals surface area (Å²) in [6.45, 7) is 1.38. The molecule has 0 spiro atoms. The van der Waals surface area contributed by atoms with E-state index in [1.165, 1.54) is 0 Å². The van der Waals surface area contributed by atoms with Crippen molar-refractivity contribution < 1.29 is 14.3 Å². The van der Waals surface area contributed by atoms with Gasteiger partial charge < -0.3 is 14.8 Å². The number of hydrogen-bond acceptors (Lipinski definition) is 5. The first kappa shape index (κ1) is 18.4. The maximum absolute atomic E-state index is 13.1. The smallest absolute Gasteiger partial charge is 0.255 e. The van der Waals surface area contributed by atoms with Gasteiger partial charge in [-0.2, -0.15) is 5.10 Å². The molecule has 0 atom stereocenters. The predicted molar refractivity (Wildman–Crippen MR) is 115 cm³/mol. The highest BCUT2D eigenvalue weighted by atomic mass is 32.1. The summed E-state index contributed by atoms with van der Waals surface area (Å²) in [6, 6.07) is 19.4. The lowest BCUT2D eigenvalue weighted by Gasteiger charge is -2.21. The molecule has 0 radical (unpaired) electrons. The molecule has 0 saturated heterocycles. The molecule has 4 aromatic rings. The van der Waals surface area contributed by atoms with Crippen LogP contribution in [0.25, 0.3) is 16.3 Å². The van der Waals surface area contributed by atoms with Gasteiger partial charge in [0.15, 0.2) is 11.5 Å². The number of nitrogens with one attached hydrogen (secondary N) is 1. The molecule has 0 bridgehead atoms. The molecule has 1 aliphatic heterocycles. The van der Waals surface area contributed by atoms with Crippen molar-refractivity contribution in [2.75, 3.05) is 13.2 Å². The number of thiophene rings is 1. The third kappa shape index (κ3) is 3.55. The van der Waals surface area contributed by atoms with Crippen LogP contribution in [0, 0.1) is 0 Å². The Bertz CT molecular complexity index is 1170. The second-order valence-electron chi connectivity index (χ2n) is 6.77. The van der Waals surface area contributed by atoms with Gasteiger partial charge in [-0.05, 0) is 29.6 Å². The highest BCUT2D eigenvalue weighted by Crippen LogP contribution is 2.33. The molecule has 0 fully saturated rings. The van der Waals surface area contributed by atoms with Gasteiger partial charge in [0, 0.05) is 18.3 Å². The largest absolute Gasteiger partial charge is 0.486 e. The van der Waals surface area contributed by atoms with Crippen LogP contribution < -0.4 is 14.8 Å². The molecular formula is C23H19N3O3S. The number of benzene rings is 2. The Kier molecular flexibility index (Phi) is 4.94. The number of hydrogen-bond donors (Lipinski definition) is 1. The van der Waals surface area contributed by atoms with Crippen LogP contribution in [0.1, 0.15) is 15.9 Å². The van der Waals surface area contributed by atoms with Crippen molar-refractivity contribution in [3.8, 4) is 27.8 Å². The van der Waals surface area contributed by atoms with Crippen molar-refractivity contribution in [2.45, 2.75) is 6.54 Å². The van der Waals surface area contributed by atoms with Gasteiger partial charge in [0.1, 0.15) is 18.9 Å². The lowest BCUT2D eigenvalue weighted by atomic mass is 10.1. The molecule has 2 aromatic heterocycles. The van der Waals surface area contributed by atoms with Crippen molar-refractivity contribution in [3.63, 3.8) is 0 Å². The predicted octanol–water partition coefficient (Wildman–Crippen LogP) is 4.30. The van der Waals surface area contributed by atoms with Crippen LogP contribution in [-0.4, -0.2) is 28.9 Å². The second-order valence-corrected chi connectivity index (χ2v) is 7.72. The number of nitrogens with zero attached hydrogens (tertiary/aromatic N) is 2. The lowest BCUT2D eigenvalue weighted by molar-refractivity contribution is 0.0950. The Morgan fingerprint density at radius 1 is 1.03 bits per heavy atom. The van der Waals surface area contributed by atoms with Gasteiger partial charge in [-0.25, -0.2) is 4.68 Å². The zero-order valence-corrected chi connectivity index (χ0v) is 16.9. The maximum Gasteiger partial charge on any atom is 0.255 e. The van der Waals surface area contributed by atoms with E-state index in [1.54, 1.807) is 22.2 Å². The first-order valence-corrected chi connectivity index (χ1v) is 10.5. The summed E-state index contributed by atoms with van der Waals surface area (Å²) in [7, 11) is 0. The average molecular weight is 417 g/mol. The second kappa shape index (κ2) is 8.04. The summed E-state index contributed by atoms with van der Waals surface area (Å²) in [6.07, 6.45) is 1.78. The molecule has 1 N–H and O–H groups in total. The number of carbonyl (C=O) groups is 1. The Morgan fingerprint density at radius 2 is 1.90 bits per heavy atom. The van der Waals surface area contributed by atoms with Gasteiger partial charge in [0.25, 0.3) is 5.91 Å². The third-order valence-electron chi connectivity index (χ3n) is 4.82. The van der Waals surface area contributed by atoms with E-state index in [-0.39, 0.29) is 5.91 Å². The van der Waals surface area contributed by atoms with Crippen molar-refractivity contribution in [2.24, 2.45) is 0 Å². The molecule has 5 rings (SSSR count). The van der Waals surface area contributed by atoms with E-state index in [4.69, 9.17) is 14.6 Å². The highest BCUT2D eigenvalue weighted by Gasteiger charge is 2.21. The minimum atomic E-state index is -0.185. The van der Waals surface area contributed by atoms with E-state index in [2.05, 4.69) is 5.32 Å². The molecule has 3 heterocycles. The molecule has 30 heavy (non-hydrogen) atoms. The van der Waals surface area contributed by atoms with E-state index in [0.717, 1.165) is 16.1 Å². The fraction of sp³-hybridized carbons (Fsp3) is 0.130. The van der Waals surface area contributed by atoms with Gasteiger partial charge in [0.05, 0.1) is 16.1 Å². The van der Waals surface area contributed by atoms with E-state index < -0.39 is 0 Å². The van der Waals surface area contributed by atoms with Crippen LogP contribution in [0.5, 0.6) is 11.5 Å². The Balaban J connectivity index is 1.43. The monoisotopic (exact) mass is 417 g/mol. The molecule has 1 amide bonds. The quantitative estimate of drug-likeness (QED) is 0.526. The van der Waals surface area contributed by atoms with Gasteiger partial charge >= 0.3 is 0 Å². The van der Waals surface area contributed by atoms with Crippen LogP contribution >= 0.6 is 11.3 Å².